The lowest BCUT2D eigenvalue weighted by atomic mass is 10.1. The van der Waals surface area contributed by atoms with Gasteiger partial charge in [-0.05, 0) is 58.7 Å². The highest BCUT2D eigenvalue weighted by Crippen LogP contribution is 2.10. The Morgan fingerprint density at radius 1 is 1.07 bits per heavy atom. The van der Waals surface area contributed by atoms with Gasteiger partial charge >= 0.3 is 0 Å². The van der Waals surface area contributed by atoms with Crippen molar-refractivity contribution >= 4 is 39.8 Å². The molecule has 0 amide bonds. The Labute approximate surface area is 188 Å². The van der Waals surface area contributed by atoms with Crippen LogP contribution in [0.4, 0.5) is 0 Å². The van der Waals surface area contributed by atoms with E-state index < -0.39 is 9.84 Å². The van der Waals surface area contributed by atoms with Gasteiger partial charge in [0.1, 0.15) is 0 Å². The van der Waals surface area contributed by atoms with Gasteiger partial charge in [0.2, 0.25) is 0 Å². The van der Waals surface area contributed by atoms with E-state index in [1.54, 1.807) is 12.1 Å². The van der Waals surface area contributed by atoms with E-state index >= 15 is 0 Å². The van der Waals surface area contributed by atoms with E-state index in [0.717, 1.165) is 44.1 Å². The fourth-order valence-corrected chi connectivity index (χ4v) is 3.59. The van der Waals surface area contributed by atoms with Crippen LogP contribution in [0.2, 0.25) is 0 Å². The van der Waals surface area contributed by atoms with Gasteiger partial charge in [-0.2, -0.15) is 0 Å². The molecule has 0 bridgehead atoms. The van der Waals surface area contributed by atoms with Crippen LogP contribution in [0.5, 0.6) is 0 Å². The highest BCUT2D eigenvalue weighted by Gasteiger charge is 2.12. The largest absolute Gasteiger partial charge is 0.357 e. The fraction of sp³-hybridized carbons (Fsp3) is 0.650. The zero-order valence-corrected chi connectivity index (χ0v) is 21.2. The summed E-state index contributed by atoms with van der Waals surface area (Å²) in [7, 11) is -3.14. The van der Waals surface area contributed by atoms with Crippen LogP contribution >= 0.6 is 24.0 Å². The minimum atomic E-state index is -3.14. The van der Waals surface area contributed by atoms with Crippen molar-refractivity contribution in [3.63, 3.8) is 0 Å². The van der Waals surface area contributed by atoms with Gasteiger partial charge in [0.15, 0.2) is 15.8 Å². The summed E-state index contributed by atoms with van der Waals surface area (Å²) in [5.41, 5.74) is 1.09. The summed E-state index contributed by atoms with van der Waals surface area (Å²) in [6.45, 7) is 14.1. The third kappa shape index (κ3) is 10.1. The lowest BCUT2D eigenvalue weighted by Gasteiger charge is -2.29. The smallest absolute Gasteiger partial charge is 0.191 e. The molecule has 1 rings (SSSR count). The molecule has 0 aromatic heterocycles. The van der Waals surface area contributed by atoms with Crippen molar-refractivity contribution in [1.29, 1.82) is 0 Å². The number of rotatable bonds is 10. The molecule has 0 saturated heterocycles. The molecule has 2 N–H and O–H groups in total. The maximum atomic E-state index is 11.5. The Balaban J connectivity index is 0.00000729. The fourth-order valence-electron chi connectivity index (χ4n) is 2.96. The molecule has 0 fully saturated rings. The molecule has 0 saturated carbocycles. The maximum absolute atomic E-state index is 11.5. The molecular formula is C20H37IN4O2S. The second kappa shape index (κ2) is 13.4. The van der Waals surface area contributed by atoms with Crippen LogP contribution < -0.4 is 10.6 Å². The van der Waals surface area contributed by atoms with Gasteiger partial charge in [-0.3, -0.25) is 9.89 Å². The molecule has 1 aromatic carbocycles. The van der Waals surface area contributed by atoms with Crippen molar-refractivity contribution < 1.29 is 8.42 Å². The number of nitrogens with zero attached hydrogens (tertiary/aromatic N) is 2. The quantitative estimate of drug-likeness (QED) is 0.280. The highest BCUT2D eigenvalue weighted by atomic mass is 127. The molecule has 0 atom stereocenters. The van der Waals surface area contributed by atoms with Crippen LogP contribution in [0.1, 0.15) is 40.2 Å². The number of aliphatic imine (C=N–C) groups is 1. The standard InChI is InChI=1S/C20H36N4O2S.HI/c1-7-21-20(23-14-15-24(16(2)3)17(4)5)22-13-12-18-8-10-19(11-9-18)27(6,25)26;/h8-11,16-17H,7,12-15H2,1-6H3,(H2,21,22,23);1H. The Bertz CT molecular complexity index is 681. The average Bonchev–Trinajstić information content (AvgIpc) is 2.57. The van der Waals surface area contributed by atoms with Crippen molar-refractivity contribution in [2.75, 3.05) is 32.4 Å². The molecule has 0 unspecified atom stereocenters. The molecule has 0 aliphatic heterocycles. The Kier molecular flexibility index (Phi) is 13.0. The molecule has 8 heteroatoms. The lowest BCUT2D eigenvalue weighted by molar-refractivity contribution is 0.181. The topological polar surface area (TPSA) is 73.8 Å². The van der Waals surface area contributed by atoms with Gasteiger partial charge < -0.3 is 10.6 Å². The Morgan fingerprint density at radius 2 is 1.64 bits per heavy atom. The SMILES string of the molecule is CCNC(=NCCN(C(C)C)C(C)C)NCCc1ccc(S(C)(=O)=O)cc1.I. The highest BCUT2D eigenvalue weighted by molar-refractivity contribution is 14.0. The summed E-state index contributed by atoms with van der Waals surface area (Å²) < 4.78 is 23.0. The predicted molar refractivity (Wildman–Crippen MR) is 130 cm³/mol. The summed E-state index contributed by atoms with van der Waals surface area (Å²) in [6, 6.07) is 8.07. The number of benzene rings is 1. The summed E-state index contributed by atoms with van der Waals surface area (Å²) in [4.78, 5) is 7.45. The third-order valence-corrected chi connectivity index (χ3v) is 5.49. The number of hydrogen-bond acceptors (Lipinski definition) is 4. The van der Waals surface area contributed by atoms with Crippen molar-refractivity contribution in [1.82, 2.24) is 15.5 Å². The first kappa shape index (κ1) is 27.1. The molecular weight excluding hydrogens is 487 g/mol. The maximum Gasteiger partial charge on any atom is 0.191 e. The lowest BCUT2D eigenvalue weighted by Crippen LogP contribution is -2.41. The first-order valence-electron chi connectivity index (χ1n) is 9.72. The van der Waals surface area contributed by atoms with Crippen molar-refractivity contribution in [3.8, 4) is 0 Å². The van der Waals surface area contributed by atoms with E-state index in [-0.39, 0.29) is 24.0 Å². The molecule has 1 aromatic rings. The average molecular weight is 525 g/mol. The summed E-state index contributed by atoms with van der Waals surface area (Å²) in [5, 5.41) is 6.62. The van der Waals surface area contributed by atoms with E-state index in [4.69, 9.17) is 0 Å². The van der Waals surface area contributed by atoms with Gasteiger partial charge in [-0.15, -0.1) is 24.0 Å². The normalized spacial score (nSPS) is 12.4. The molecule has 0 spiro atoms. The Morgan fingerprint density at radius 3 is 2.11 bits per heavy atom. The number of nitrogens with one attached hydrogen (secondary N) is 2. The molecule has 162 valence electrons. The monoisotopic (exact) mass is 524 g/mol. The van der Waals surface area contributed by atoms with E-state index in [1.807, 2.05) is 12.1 Å². The molecule has 0 radical (unpaired) electrons. The van der Waals surface area contributed by atoms with Crippen LogP contribution in [0.25, 0.3) is 0 Å². The van der Waals surface area contributed by atoms with Crippen LogP contribution in [0.3, 0.4) is 0 Å². The second-order valence-corrected chi connectivity index (χ2v) is 9.29. The molecule has 28 heavy (non-hydrogen) atoms. The van der Waals surface area contributed by atoms with Gasteiger partial charge in [-0.25, -0.2) is 8.42 Å². The van der Waals surface area contributed by atoms with Gasteiger partial charge in [-0.1, -0.05) is 12.1 Å². The minimum Gasteiger partial charge on any atom is -0.357 e. The summed E-state index contributed by atoms with van der Waals surface area (Å²) in [5.74, 6) is 0.817. The first-order chi connectivity index (χ1) is 12.6. The van der Waals surface area contributed by atoms with Crippen LogP contribution in [0, 0.1) is 0 Å². The van der Waals surface area contributed by atoms with Crippen LogP contribution in [0.15, 0.2) is 34.2 Å². The molecule has 0 aliphatic rings. The minimum absolute atomic E-state index is 0. The van der Waals surface area contributed by atoms with E-state index in [0.29, 0.717) is 17.0 Å². The number of halogens is 1. The zero-order chi connectivity index (χ0) is 20.4. The second-order valence-electron chi connectivity index (χ2n) is 7.28. The predicted octanol–water partition coefficient (Wildman–Crippen LogP) is 2.92. The summed E-state index contributed by atoms with van der Waals surface area (Å²) >= 11 is 0. The van der Waals surface area contributed by atoms with Crippen LogP contribution in [-0.4, -0.2) is 63.8 Å². The van der Waals surface area contributed by atoms with Gasteiger partial charge in [0, 0.05) is 38.0 Å². The van der Waals surface area contributed by atoms with Crippen molar-refractivity contribution in [2.24, 2.45) is 4.99 Å². The van der Waals surface area contributed by atoms with Crippen LogP contribution in [-0.2, 0) is 16.3 Å². The zero-order valence-electron chi connectivity index (χ0n) is 18.0. The van der Waals surface area contributed by atoms with Gasteiger partial charge in [0.25, 0.3) is 0 Å². The number of sulfone groups is 1. The van der Waals surface area contributed by atoms with Gasteiger partial charge in [0.05, 0.1) is 11.4 Å². The molecule has 0 aliphatic carbocycles. The van der Waals surface area contributed by atoms with E-state index in [9.17, 15) is 8.42 Å². The van der Waals surface area contributed by atoms with E-state index in [2.05, 4.69) is 55.1 Å². The summed E-state index contributed by atoms with van der Waals surface area (Å²) in [6.07, 6.45) is 2.03. The first-order valence-corrected chi connectivity index (χ1v) is 11.6. The number of hydrogen-bond donors (Lipinski definition) is 2. The number of guanidine groups is 1. The van der Waals surface area contributed by atoms with Crippen molar-refractivity contribution in [3.05, 3.63) is 29.8 Å². The van der Waals surface area contributed by atoms with Crippen molar-refractivity contribution in [2.45, 2.75) is 58.0 Å². The molecule has 6 nitrogen and oxygen atoms in total. The molecule has 0 heterocycles. The van der Waals surface area contributed by atoms with E-state index in [1.165, 1.54) is 6.26 Å². The Hall–Kier alpha value is -0.870. The third-order valence-electron chi connectivity index (χ3n) is 4.36.